The van der Waals surface area contributed by atoms with E-state index in [1.807, 2.05) is 0 Å². The summed E-state index contributed by atoms with van der Waals surface area (Å²) in [5.74, 6) is 0.812. The van der Waals surface area contributed by atoms with Gasteiger partial charge in [-0.15, -0.1) is 0 Å². The third-order valence-corrected chi connectivity index (χ3v) is 4.34. The first-order chi connectivity index (χ1) is 8.98. The summed E-state index contributed by atoms with van der Waals surface area (Å²) in [6.07, 6.45) is 0.434. The molecule has 0 unspecified atom stereocenters. The van der Waals surface area contributed by atoms with Crippen molar-refractivity contribution in [2.45, 2.75) is 13.3 Å². The summed E-state index contributed by atoms with van der Waals surface area (Å²) in [5, 5.41) is 11.5. The van der Waals surface area contributed by atoms with Gasteiger partial charge in [0.05, 0.1) is 12.4 Å². The number of oxime groups is 1. The summed E-state index contributed by atoms with van der Waals surface area (Å²) >= 11 is 0. The first kappa shape index (κ1) is 15.3. The Bertz CT molecular complexity index is 540. The van der Waals surface area contributed by atoms with Crippen LogP contribution in [-0.2, 0) is 9.84 Å². The van der Waals surface area contributed by atoms with E-state index in [-0.39, 0.29) is 17.3 Å². The molecular weight excluding hydrogens is 268 g/mol. The van der Waals surface area contributed by atoms with E-state index in [4.69, 9.17) is 15.7 Å². The second-order valence-corrected chi connectivity index (χ2v) is 6.42. The zero-order valence-electron chi connectivity index (χ0n) is 10.7. The molecule has 6 nitrogen and oxygen atoms in total. The fourth-order valence-electron chi connectivity index (χ4n) is 1.42. The van der Waals surface area contributed by atoms with Crippen molar-refractivity contribution < 1.29 is 18.4 Å². The minimum atomic E-state index is -2.95. The first-order valence-electron chi connectivity index (χ1n) is 5.89. The number of ether oxygens (including phenoxy) is 1. The summed E-state index contributed by atoms with van der Waals surface area (Å²) in [6.45, 7) is 1.93. The molecular formula is C12H18N2O4S. The summed E-state index contributed by atoms with van der Waals surface area (Å²) in [6, 6.07) is 6.75. The molecule has 19 heavy (non-hydrogen) atoms. The number of amidine groups is 1. The molecule has 0 bridgehead atoms. The maximum Gasteiger partial charge on any atom is 0.170 e. The quantitative estimate of drug-likeness (QED) is 0.256. The van der Waals surface area contributed by atoms with E-state index in [0.29, 0.717) is 24.3 Å². The third-order valence-electron chi connectivity index (χ3n) is 2.55. The Balaban J connectivity index is 2.51. The molecule has 7 heteroatoms. The van der Waals surface area contributed by atoms with Crippen molar-refractivity contribution in [2.75, 3.05) is 18.1 Å². The van der Waals surface area contributed by atoms with Crippen LogP contribution in [0, 0.1) is 0 Å². The van der Waals surface area contributed by atoms with E-state index in [2.05, 4.69) is 5.16 Å². The molecule has 0 spiro atoms. The van der Waals surface area contributed by atoms with Crippen molar-refractivity contribution in [1.82, 2.24) is 0 Å². The number of hydrogen-bond donors (Lipinski definition) is 2. The fraction of sp³-hybridized carbons (Fsp3) is 0.417. The lowest BCUT2D eigenvalue weighted by Crippen LogP contribution is -2.13. The smallest absolute Gasteiger partial charge is 0.170 e. The molecule has 0 aliphatic carbocycles. The molecule has 0 saturated carbocycles. The Labute approximate surface area is 112 Å². The van der Waals surface area contributed by atoms with Gasteiger partial charge in [0, 0.05) is 11.3 Å². The van der Waals surface area contributed by atoms with Crippen molar-refractivity contribution in [3.8, 4) is 5.75 Å². The Morgan fingerprint density at radius 2 is 2.21 bits per heavy atom. The van der Waals surface area contributed by atoms with Gasteiger partial charge in [-0.05, 0) is 18.6 Å². The molecule has 0 fully saturated rings. The van der Waals surface area contributed by atoms with E-state index in [1.165, 1.54) is 0 Å². The van der Waals surface area contributed by atoms with E-state index >= 15 is 0 Å². The predicted molar refractivity (Wildman–Crippen MR) is 73.4 cm³/mol. The van der Waals surface area contributed by atoms with E-state index in [1.54, 1.807) is 31.2 Å². The van der Waals surface area contributed by atoms with E-state index < -0.39 is 9.84 Å². The van der Waals surface area contributed by atoms with Gasteiger partial charge in [-0.1, -0.05) is 24.2 Å². The number of nitrogens with two attached hydrogens (primary N) is 1. The molecule has 1 aromatic rings. The predicted octanol–water partition coefficient (Wildman–Crippen LogP) is 0.985. The number of rotatable bonds is 7. The van der Waals surface area contributed by atoms with Gasteiger partial charge in [0.25, 0.3) is 0 Å². The molecule has 0 aromatic heterocycles. The lowest BCUT2D eigenvalue weighted by atomic mass is 10.2. The van der Waals surface area contributed by atoms with Crippen molar-refractivity contribution in [1.29, 1.82) is 0 Å². The molecule has 1 rings (SSSR count). The SMILES string of the molecule is CCS(=O)(=O)CCCOc1cccc(C(N)=NO)c1. The van der Waals surface area contributed by atoms with Crippen LogP contribution in [0.4, 0.5) is 0 Å². The van der Waals surface area contributed by atoms with E-state index in [9.17, 15) is 8.42 Å². The van der Waals surface area contributed by atoms with Crippen LogP contribution in [0.3, 0.4) is 0 Å². The van der Waals surface area contributed by atoms with Gasteiger partial charge >= 0.3 is 0 Å². The van der Waals surface area contributed by atoms with Gasteiger partial charge in [0.2, 0.25) is 0 Å². The molecule has 0 saturated heterocycles. The first-order valence-corrected chi connectivity index (χ1v) is 7.72. The number of nitrogens with zero attached hydrogens (tertiary/aromatic N) is 1. The summed E-state index contributed by atoms with van der Waals surface area (Å²) in [5.41, 5.74) is 6.00. The van der Waals surface area contributed by atoms with Crippen LogP contribution in [0.5, 0.6) is 5.75 Å². The Kier molecular flexibility index (Phi) is 5.62. The van der Waals surface area contributed by atoms with Crippen LogP contribution in [0.25, 0.3) is 0 Å². The second-order valence-electron chi connectivity index (χ2n) is 3.95. The van der Waals surface area contributed by atoms with Crippen molar-refractivity contribution in [3.63, 3.8) is 0 Å². The van der Waals surface area contributed by atoms with Crippen molar-refractivity contribution in [3.05, 3.63) is 29.8 Å². The summed E-state index contributed by atoms with van der Waals surface area (Å²) in [4.78, 5) is 0. The van der Waals surface area contributed by atoms with Crippen molar-refractivity contribution in [2.24, 2.45) is 10.9 Å². The zero-order valence-corrected chi connectivity index (χ0v) is 11.6. The van der Waals surface area contributed by atoms with Gasteiger partial charge < -0.3 is 15.7 Å². The minimum absolute atomic E-state index is 0.000916. The van der Waals surface area contributed by atoms with Crippen LogP contribution in [0.2, 0.25) is 0 Å². The van der Waals surface area contributed by atoms with Gasteiger partial charge in [0.15, 0.2) is 5.84 Å². The maximum atomic E-state index is 11.3. The third kappa shape index (κ3) is 5.17. The lowest BCUT2D eigenvalue weighted by molar-refractivity contribution is 0.316. The fourth-order valence-corrected chi connectivity index (χ4v) is 2.26. The molecule has 0 aliphatic rings. The van der Waals surface area contributed by atoms with Gasteiger partial charge in [-0.2, -0.15) is 0 Å². The Morgan fingerprint density at radius 1 is 1.47 bits per heavy atom. The largest absolute Gasteiger partial charge is 0.494 e. The molecule has 106 valence electrons. The number of hydrogen-bond acceptors (Lipinski definition) is 5. The zero-order chi connectivity index (χ0) is 14.3. The highest BCUT2D eigenvalue weighted by Crippen LogP contribution is 2.13. The van der Waals surface area contributed by atoms with E-state index in [0.717, 1.165) is 0 Å². The molecule has 3 N–H and O–H groups in total. The summed E-state index contributed by atoms with van der Waals surface area (Å²) < 4.78 is 28.0. The van der Waals surface area contributed by atoms with Crippen LogP contribution < -0.4 is 10.5 Å². The van der Waals surface area contributed by atoms with Crippen LogP contribution >= 0.6 is 0 Å². The maximum absolute atomic E-state index is 11.3. The molecule has 0 amide bonds. The summed E-state index contributed by atoms with van der Waals surface area (Å²) in [7, 11) is -2.95. The molecule has 1 aromatic carbocycles. The highest BCUT2D eigenvalue weighted by atomic mass is 32.2. The van der Waals surface area contributed by atoms with Crippen LogP contribution in [0.1, 0.15) is 18.9 Å². The monoisotopic (exact) mass is 286 g/mol. The second kappa shape index (κ2) is 6.98. The van der Waals surface area contributed by atoms with Gasteiger partial charge in [-0.25, -0.2) is 8.42 Å². The van der Waals surface area contributed by atoms with Gasteiger partial charge in [0.1, 0.15) is 15.6 Å². The Morgan fingerprint density at radius 3 is 2.84 bits per heavy atom. The number of benzene rings is 1. The molecule has 0 atom stereocenters. The topological polar surface area (TPSA) is 102 Å². The highest BCUT2D eigenvalue weighted by Gasteiger charge is 2.07. The van der Waals surface area contributed by atoms with Crippen molar-refractivity contribution >= 4 is 15.7 Å². The lowest BCUT2D eigenvalue weighted by Gasteiger charge is -2.07. The standard InChI is InChI=1S/C12H18N2O4S/c1-2-19(16,17)8-4-7-18-11-6-3-5-10(9-11)12(13)14-15/h3,5-6,9,15H,2,4,7-8H2,1H3,(H2,13,14). The average Bonchev–Trinajstić information content (AvgIpc) is 2.43. The Hall–Kier alpha value is -1.76. The molecule has 0 radical (unpaired) electrons. The molecule has 0 heterocycles. The normalized spacial score (nSPS) is 12.4. The number of sulfone groups is 1. The van der Waals surface area contributed by atoms with Crippen LogP contribution in [0.15, 0.2) is 29.4 Å². The minimum Gasteiger partial charge on any atom is -0.494 e. The average molecular weight is 286 g/mol. The van der Waals surface area contributed by atoms with Gasteiger partial charge in [-0.3, -0.25) is 0 Å². The van der Waals surface area contributed by atoms with Crippen LogP contribution in [-0.4, -0.2) is 37.6 Å². The molecule has 0 aliphatic heterocycles. The highest BCUT2D eigenvalue weighted by molar-refractivity contribution is 7.91.